The topological polar surface area (TPSA) is 212 Å². The number of phenols is 1. The van der Waals surface area contributed by atoms with Gasteiger partial charge in [-0.05, 0) is 24.5 Å². The van der Waals surface area contributed by atoms with Crippen molar-refractivity contribution in [1.82, 2.24) is 24.2 Å². The lowest BCUT2D eigenvalue weighted by Crippen LogP contribution is -2.38. The lowest BCUT2D eigenvalue weighted by Gasteiger charge is -2.19. The average molecular weight is 506 g/mol. The molecule has 186 valence electrons. The Morgan fingerprint density at radius 1 is 1.17 bits per heavy atom. The van der Waals surface area contributed by atoms with Crippen LogP contribution in [0.1, 0.15) is 34.4 Å². The molecule has 1 amide bonds. The molecule has 14 nitrogen and oxygen atoms in total. The molecule has 5 rings (SSSR count). The third kappa shape index (κ3) is 4.17. The quantitative estimate of drug-likeness (QED) is 0.246. The number of anilines is 1. The Morgan fingerprint density at radius 3 is 2.77 bits per heavy atom. The molecule has 2 aromatic heterocycles. The molecular formula is C20H22N6O8S. The van der Waals surface area contributed by atoms with Crippen LogP contribution in [0.15, 0.2) is 24.5 Å². The highest BCUT2D eigenvalue weighted by Gasteiger charge is 2.46. The maximum atomic E-state index is 12.7. The molecule has 3 aromatic rings. The highest BCUT2D eigenvalue weighted by atomic mass is 32.2. The monoisotopic (exact) mass is 506 g/mol. The lowest BCUT2D eigenvalue weighted by molar-refractivity contribution is -0.0481. The molecule has 4 atom stereocenters. The number of nitrogens with zero attached hydrogens (tertiary/aromatic N) is 4. The summed E-state index contributed by atoms with van der Waals surface area (Å²) in [6.07, 6.45) is -3.24. The summed E-state index contributed by atoms with van der Waals surface area (Å²) in [5.74, 6) is -0.946. The van der Waals surface area contributed by atoms with Crippen molar-refractivity contribution < 1.29 is 37.5 Å². The number of rotatable bonds is 0. The van der Waals surface area contributed by atoms with Gasteiger partial charge in [0.15, 0.2) is 23.2 Å². The van der Waals surface area contributed by atoms with E-state index >= 15 is 0 Å². The predicted molar refractivity (Wildman–Crippen MR) is 118 cm³/mol. The van der Waals surface area contributed by atoms with E-state index in [1.54, 1.807) is 10.8 Å². The summed E-state index contributed by atoms with van der Waals surface area (Å²) in [5, 5.41) is 31.5. The van der Waals surface area contributed by atoms with E-state index in [1.165, 1.54) is 23.0 Å². The van der Waals surface area contributed by atoms with Gasteiger partial charge in [-0.25, -0.2) is 19.7 Å². The smallest absolute Gasteiger partial charge is 0.362 e. The zero-order valence-corrected chi connectivity index (χ0v) is 18.9. The van der Waals surface area contributed by atoms with E-state index in [-0.39, 0.29) is 29.0 Å². The second-order valence-corrected chi connectivity index (χ2v) is 9.56. The van der Waals surface area contributed by atoms with Gasteiger partial charge >= 0.3 is 10.3 Å². The van der Waals surface area contributed by atoms with Crippen LogP contribution in [0.3, 0.4) is 0 Å². The maximum Gasteiger partial charge on any atom is 0.362 e. The summed E-state index contributed by atoms with van der Waals surface area (Å²) in [4.78, 5) is 25.4. The van der Waals surface area contributed by atoms with Crippen molar-refractivity contribution in [3.63, 3.8) is 0 Å². The zero-order valence-electron chi connectivity index (χ0n) is 18.1. The predicted octanol–water partition coefficient (Wildman–Crippen LogP) is -1.09. The second-order valence-electron chi connectivity index (χ2n) is 8.21. The standard InChI is InChI=1S/C20H22N6O8S/c21-17-14-18(23-8-22-17)26-12(24-14)6-2-4-9-3-1-5-10(27)13(9)19(30)25-35(31,32)33-7-11-15(28)16(29)20(26)34-11/h1,3,5,8,11,15-16,20,27-29H,2,4,6-7H2,(H,25,30)(H2,21,22,23)/t11-,15-,16-,20-/m1/s1. The van der Waals surface area contributed by atoms with Gasteiger partial charge in [0.2, 0.25) is 0 Å². The first-order valence-corrected chi connectivity index (χ1v) is 12.1. The average Bonchev–Trinajstić information content (AvgIpc) is 3.29. The molecule has 0 unspecified atom stereocenters. The van der Waals surface area contributed by atoms with Crippen LogP contribution in [0.4, 0.5) is 5.82 Å². The van der Waals surface area contributed by atoms with Crippen molar-refractivity contribution in [3.05, 3.63) is 41.5 Å². The number of amides is 1. The Bertz CT molecular complexity index is 1410. The number of carbonyl (C=O) groups excluding carboxylic acids is 1. The number of carbonyl (C=O) groups is 1. The lowest BCUT2D eigenvalue weighted by atomic mass is 10.0. The van der Waals surface area contributed by atoms with Gasteiger partial charge in [0, 0.05) is 6.42 Å². The largest absolute Gasteiger partial charge is 0.507 e. The fourth-order valence-corrected chi connectivity index (χ4v) is 5.04. The summed E-state index contributed by atoms with van der Waals surface area (Å²) in [7, 11) is -4.64. The van der Waals surface area contributed by atoms with Gasteiger partial charge in [-0.15, -0.1) is 0 Å². The Hall–Kier alpha value is -3.37. The summed E-state index contributed by atoms with van der Waals surface area (Å²) in [6, 6.07) is 4.40. The van der Waals surface area contributed by atoms with Crippen molar-refractivity contribution in [1.29, 1.82) is 0 Å². The van der Waals surface area contributed by atoms with Crippen molar-refractivity contribution >= 4 is 33.2 Å². The van der Waals surface area contributed by atoms with Crippen LogP contribution in [0.5, 0.6) is 5.75 Å². The van der Waals surface area contributed by atoms with Crippen LogP contribution in [0, 0.1) is 0 Å². The molecule has 2 bridgehead atoms. The number of phenolic OH excluding ortho intramolecular Hbond substituents is 1. The SMILES string of the molecule is Nc1ncnc2c1nc1n2[C@@H]2O[C@H](COS(=O)(=O)NC(=O)c3c(O)cccc3CCC1)[C@@H](O)[C@H]2O. The number of aliphatic hydroxyl groups excluding tert-OH is 2. The minimum absolute atomic E-state index is 0.107. The van der Waals surface area contributed by atoms with Crippen molar-refractivity contribution in [2.75, 3.05) is 12.3 Å². The number of nitrogens with one attached hydrogen (secondary N) is 1. The van der Waals surface area contributed by atoms with Crippen molar-refractivity contribution in [2.24, 2.45) is 0 Å². The molecule has 0 radical (unpaired) electrons. The van der Waals surface area contributed by atoms with Gasteiger partial charge in [-0.3, -0.25) is 13.5 Å². The first kappa shape index (κ1) is 23.4. The number of benzene rings is 1. The first-order valence-electron chi connectivity index (χ1n) is 10.7. The third-order valence-electron chi connectivity index (χ3n) is 5.98. The number of imidazole rings is 1. The summed E-state index contributed by atoms with van der Waals surface area (Å²) < 4.78 is 38.6. The molecule has 1 aromatic carbocycles. The Morgan fingerprint density at radius 2 is 1.97 bits per heavy atom. The van der Waals surface area contributed by atoms with Crippen LogP contribution >= 0.6 is 0 Å². The highest BCUT2D eigenvalue weighted by Crippen LogP contribution is 2.34. The number of ether oxygens (including phenoxy) is 1. The van der Waals surface area contributed by atoms with Gasteiger partial charge in [0.1, 0.15) is 36.2 Å². The Balaban J connectivity index is 1.61. The number of aromatic hydroxyl groups is 1. The molecule has 1 saturated heterocycles. The van der Waals surface area contributed by atoms with Crippen LogP contribution in [0.25, 0.3) is 11.2 Å². The fraction of sp³-hybridized carbons (Fsp3) is 0.400. The summed E-state index contributed by atoms with van der Waals surface area (Å²) >= 11 is 0. The van der Waals surface area contributed by atoms with E-state index in [4.69, 9.17) is 14.7 Å². The normalized spacial score (nSPS) is 26.9. The minimum atomic E-state index is -4.64. The number of aliphatic hydroxyl groups is 2. The first-order chi connectivity index (χ1) is 16.7. The zero-order chi connectivity index (χ0) is 24.9. The number of hydrogen-bond donors (Lipinski definition) is 5. The number of aryl methyl sites for hydroxylation is 2. The van der Waals surface area contributed by atoms with Crippen LogP contribution < -0.4 is 10.5 Å². The molecule has 6 N–H and O–H groups in total. The van der Waals surface area contributed by atoms with Crippen LogP contribution in [0.2, 0.25) is 0 Å². The van der Waals surface area contributed by atoms with E-state index in [0.717, 1.165) is 0 Å². The van der Waals surface area contributed by atoms with Crippen molar-refractivity contribution in [3.8, 4) is 5.75 Å². The van der Waals surface area contributed by atoms with Crippen LogP contribution in [-0.4, -0.2) is 74.1 Å². The molecular weight excluding hydrogens is 484 g/mol. The molecule has 2 aliphatic rings. The van der Waals surface area contributed by atoms with E-state index in [1.807, 2.05) is 0 Å². The second kappa shape index (κ2) is 8.69. The number of nitrogen functional groups attached to an aromatic ring is 1. The third-order valence-corrected chi connectivity index (χ3v) is 6.86. The fourth-order valence-electron chi connectivity index (χ4n) is 4.34. The maximum absolute atomic E-state index is 12.7. The number of hydrogen-bond acceptors (Lipinski definition) is 12. The summed E-state index contributed by atoms with van der Waals surface area (Å²) in [5.41, 5.74) is 6.70. The molecule has 35 heavy (non-hydrogen) atoms. The molecule has 4 heterocycles. The van der Waals surface area contributed by atoms with E-state index in [0.29, 0.717) is 24.2 Å². The van der Waals surface area contributed by atoms with Gasteiger partial charge in [0.05, 0.1) is 12.2 Å². The molecule has 15 heteroatoms. The van der Waals surface area contributed by atoms with Crippen LogP contribution in [-0.2, 0) is 32.1 Å². The van der Waals surface area contributed by atoms with Gasteiger partial charge in [-0.1, -0.05) is 12.1 Å². The number of nitrogens with two attached hydrogens (primary N) is 1. The Labute approximate surface area is 198 Å². The van der Waals surface area contributed by atoms with Gasteiger partial charge in [-0.2, -0.15) is 8.42 Å². The van der Waals surface area contributed by atoms with E-state index < -0.39 is 53.1 Å². The number of aromatic nitrogens is 4. The minimum Gasteiger partial charge on any atom is -0.507 e. The number of fused-ring (bicyclic) bond motifs is 7. The molecule has 0 saturated carbocycles. The highest BCUT2D eigenvalue weighted by molar-refractivity contribution is 7.85. The molecule has 0 spiro atoms. The molecule has 2 aliphatic heterocycles. The summed E-state index contributed by atoms with van der Waals surface area (Å²) in [6.45, 7) is -0.704. The Kier molecular flexibility index (Phi) is 5.80. The molecule has 1 fully saturated rings. The van der Waals surface area contributed by atoms with E-state index in [2.05, 4.69) is 15.0 Å². The van der Waals surface area contributed by atoms with Crippen molar-refractivity contribution in [2.45, 2.75) is 43.8 Å². The molecule has 0 aliphatic carbocycles. The van der Waals surface area contributed by atoms with E-state index in [9.17, 15) is 28.5 Å². The van der Waals surface area contributed by atoms with Gasteiger partial charge < -0.3 is 25.8 Å². The van der Waals surface area contributed by atoms with Gasteiger partial charge in [0.25, 0.3) is 5.91 Å².